The van der Waals surface area contributed by atoms with Crippen molar-refractivity contribution in [2.24, 2.45) is 5.92 Å². The first kappa shape index (κ1) is 16.6. The third-order valence-corrected chi connectivity index (χ3v) is 4.07. The molecule has 2 unspecified atom stereocenters. The number of alkyl halides is 1. The average molecular weight is 271 g/mol. The molecule has 112 valence electrons. The van der Waals surface area contributed by atoms with Crippen molar-refractivity contribution in [2.45, 2.75) is 66.3 Å². The second-order valence-electron chi connectivity index (χ2n) is 6.00. The van der Waals surface area contributed by atoms with Crippen LogP contribution in [0.1, 0.15) is 48.0 Å². The van der Waals surface area contributed by atoms with E-state index in [0.29, 0.717) is 25.1 Å². The fourth-order valence-electron chi connectivity index (χ4n) is 2.93. The molecule has 0 N–H and O–H groups in total. The van der Waals surface area contributed by atoms with Crippen molar-refractivity contribution in [3.63, 3.8) is 0 Å². The molecule has 0 aromatic rings. The Kier molecular flexibility index (Phi) is 6.48. The van der Waals surface area contributed by atoms with Crippen LogP contribution in [-0.2, 0) is 4.74 Å². The van der Waals surface area contributed by atoms with Gasteiger partial charge in [-0.05, 0) is 43.9 Å². The SMILES string of the molecule is CCC1=C(C(C)C)C(C(F)CN(CC)C(C)C)OC1. The Morgan fingerprint density at radius 1 is 1.26 bits per heavy atom. The Balaban J connectivity index is 2.77. The van der Waals surface area contributed by atoms with E-state index in [0.717, 1.165) is 13.0 Å². The zero-order valence-electron chi connectivity index (χ0n) is 13.4. The molecular weight excluding hydrogens is 241 g/mol. The van der Waals surface area contributed by atoms with Gasteiger partial charge in [-0.15, -0.1) is 0 Å². The second kappa shape index (κ2) is 7.39. The summed E-state index contributed by atoms with van der Waals surface area (Å²) in [5.41, 5.74) is 2.50. The van der Waals surface area contributed by atoms with Gasteiger partial charge in [-0.2, -0.15) is 0 Å². The minimum Gasteiger partial charge on any atom is -0.366 e. The molecule has 0 spiro atoms. The van der Waals surface area contributed by atoms with Crippen LogP contribution < -0.4 is 0 Å². The molecule has 1 rings (SSSR count). The lowest BCUT2D eigenvalue weighted by Crippen LogP contribution is -2.41. The molecular formula is C16H30FNO. The highest BCUT2D eigenvalue weighted by molar-refractivity contribution is 5.26. The molecule has 0 fully saturated rings. The summed E-state index contributed by atoms with van der Waals surface area (Å²) in [6, 6.07) is 0.377. The zero-order chi connectivity index (χ0) is 14.6. The topological polar surface area (TPSA) is 12.5 Å². The van der Waals surface area contributed by atoms with E-state index in [2.05, 4.69) is 46.4 Å². The first-order chi connectivity index (χ1) is 8.92. The van der Waals surface area contributed by atoms with Crippen molar-refractivity contribution >= 4 is 0 Å². The summed E-state index contributed by atoms with van der Waals surface area (Å²) in [5, 5.41) is 0. The van der Waals surface area contributed by atoms with Crippen LogP contribution in [0.25, 0.3) is 0 Å². The summed E-state index contributed by atoms with van der Waals surface area (Å²) >= 11 is 0. The molecule has 3 heteroatoms. The third kappa shape index (κ3) is 4.03. The van der Waals surface area contributed by atoms with Crippen molar-refractivity contribution in [1.29, 1.82) is 0 Å². The summed E-state index contributed by atoms with van der Waals surface area (Å²) in [6.07, 6.45) is -0.287. The lowest BCUT2D eigenvalue weighted by atomic mass is 9.91. The molecule has 19 heavy (non-hydrogen) atoms. The van der Waals surface area contributed by atoms with Crippen LogP contribution in [0.2, 0.25) is 0 Å². The number of hydrogen-bond acceptors (Lipinski definition) is 2. The van der Waals surface area contributed by atoms with E-state index < -0.39 is 6.17 Å². The van der Waals surface area contributed by atoms with Crippen LogP contribution in [0.5, 0.6) is 0 Å². The van der Waals surface area contributed by atoms with Crippen LogP contribution in [0.15, 0.2) is 11.1 Å². The van der Waals surface area contributed by atoms with Crippen molar-refractivity contribution in [1.82, 2.24) is 4.90 Å². The highest BCUT2D eigenvalue weighted by Gasteiger charge is 2.35. The van der Waals surface area contributed by atoms with E-state index in [1.54, 1.807) is 0 Å². The summed E-state index contributed by atoms with van der Waals surface area (Å²) in [7, 11) is 0. The van der Waals surface area contributed by atoms with Gasteiger partial charge < -0.3 is 4.74 Å². The number of nitrogens with zero attached hydrogens (tertiary/aromatic N) is 1. The van der Waals surface area contributed by atoms with Crippen molar-refractivity contribution in [3.8, 4) is 0 Å². The molecule has 0 radical (unpaired) electrons. The van der Waals surface area contributed by atoms with E-state index in [-0.39, 0.29) is 6.10 Å². The first-order valence-corrected chi connectivity index (χ1v) is 7.63. The van der Waals surface area contributed by atoms with Gasteiger partial charge in [0.1, 0.15) is 12.3 Å². The highest BCUT2D eigenvalue weighted by Crippen LogP contribution is 2.32. The predicted molar refractivity (Wildman–Crippen MR) is 79.2 cm³/mol. The van der Waals surface area contributed by atoms with E-state index >= 15 is 0 Å². The molecule has 0 bridgehead atoms. The Bertz CT molecular complexity index is 312. The van der Waals surface area contributed by atoms with Gasteiger partial charge in [0, 0.05) is 12.6 Å². The maximum absolute atomic E-state index is 14.6. The molecule has 1 aliphatic rings. The minimum atomic E-state index is -0.927. The monoisotopic (exact) mass is 271 g/mol. The predicted octanol–water partition coefficient (Wildman–Crippen LogP) is 3.82. The average Bonchev–Trinajstić information content (AvgIpc) is 2.78. The normalized spacial score (nSPS) is 22.1. The molecule has 2 atom stereocenters. The van der Waals surface area contributed by atoms with Crippen LogP contribution in [0.4, 0.5) is 4.39 Å². The summed E-state index contributed by atoms with van der Waals surface area (Å²) in [6.45, 7) is 14.7. The number of hydrogen-bond donors (Lipinski definition) is 0. The van der Waals surface area contributed by atoms with Gasteiger partial charge in [0.25, 0.3) is 0 Å². The summed E-state index contributed by atoms with van der Waals surface area (Å²) in [4.78, 5) is 2.16. The van der Waals surface area contributed by atoms with Gasteiger partial charge in [0.2, 0.25) is 0 Å². The number of rotatable bonds is 7. The molecule has 0 saturated heterocycles. The highest BCUT2D eigenvalue weighted by atomic mass is 19.1. The Hall–Kier alpha value is -0.410. The molecule has 0 aromatic carbocycles. The van der Waals surface area contributed by atoms with Crippen molar-refractivity contribution in [2.75, 3.05) is 19.7 Å². The van der Waals surface area contributed by atoms with Crippen molar-refractivity contribution < 1.29 is 9.13 Å². The second-order valence-corrected chi connectivity index (χ2v) is 6.00. The molecule has 0 aromatic heterocycles. The van der Waals surface area contributed by atoms with Gasteiger partial charge in [-0.3, -0.25) is 4.90 Å². The quantitative estimate of drug-likeness (QED) is 0.653. The van der Waals surface area contributed by atoms with Crippen LogP contribution >= 0.6 is 0 Å². The maximum atomic E-state index is 14.6. The van der Waals surface area contributed by atoms with Crippen molar-refractivity contribution in [3.05, 3.63) is 11.1 Å². The smallest absolute Gasteiger partial charge is 0.143 e. The largest absolute Gasteiger partial charge is 0.366 e. The van der Waals surface area contributed by atoms with E-state index in [1.807, 2.05) is 0 Å². The molecule has 1 aliphatic heterocycles. The van der Waals surface area contributed by atoms with Crippen LogP contribution in [-0.4, -0.2) is 42.9 Å². The van der Waals surface area contributed by atoms with Crippen LogP contribution in [0, 0.1) is 5.92 Å². The van der Waals surface area contributed by atoms with Gasteiger partial charge in [-0.1, -0.05) is 27.7 Å². The lowest BCUT2D eigenvalue weighted by molar-refractivity contribution is 0.0266. The molecule has 0 amide bonds. The van der Waals surface area contributed by atoms with Gasteiger partial charge in [0.05, 0.1) is 6.61 Å². The Labute approximate surface area is 118 Å². The van der Waals surface area contributed by atoms with E-state index in [9.17, 15) is 4.39 Å². The Morgan fingerprint density at radius 2 is 1.89 bits per heavy atom. The molecule has 0 saturated carbocycles. The first-order valence-electron chi connectivity index (χ1n) is 7.63. The van der Waals surface area contributed by atoms with E-state index in [1.165, 1.54) is 11.1 Å². The standard InChI is InChI=1S/C16H30FNO/c1-7-13-10-19-16(15(13)11(3)4)14(17)9-18(8-2)12(5)6/h11-12,14,16H,7-10H2,1-6H3. The third-order valence-electron chi connectivity index (χ3n) is 4.07. The number of halogens is 1. The summed E-state index contributed by atoms with van der Waals surface area (Å²) in [5.74, 6) is 0.370. The van der Waals surface area contributed by atoms with Gasteiger partial charge >= 0.3 is 0 Å². The van der Waals surface area contributed by atoms with E-state index in [4.69, 9.17) is 4.74 Å². The Morgan fingerprint density at radius 3 is 2.32 bits per heavy atom. The van der Waals surface area contributed by atoms with Gasteiger partial charge in [-0.25, -0.2) is 4.39 Å². The minimum absolute atomic E-state index is 0.331. The fourth-order valence-corrected chi connectivity index (χ4v) is 2.93. The number of ether oxygens (including phenoxy) is 1. The molecule has 2 nitrogen and oxygen atoms in total. The summed E-state index contributed by atoms with van der Waals surface area (Å²) < 4.78 is 20.4. The molecule has 0 aliphatic carbocycles. The maximum Gasteiger partial charge on any atom is 0.143 e. The molecule has 1 heterocycles. The zero-order valence-corrected chi connectivity index (χ0v) is 13.4. The lowest BCUT2D eigenvalue weighted by Gasteiger charge is -2.30. The van der Waals surface area contributed by atoms with Gasteiger partial charge in [0.15, 0.2) is 0 Å². The fraction of sp³-hybridized carbons (Fsp3) is 0.875. The van der Waals surface area contributed by atoms with Crippen LogP contribution in [0.3, 0.4) is 0 Å².